The third kappa shape index (κ3) is 21.1. The number of hydrogen-bond acceptors (Lipinski definition) is 22. The van der Waals surface area contributed by atoms with Crippen molar-refractivity contribution < 1.29 is 87.5 Å². The van der Waals surface area contributed by atoms with Gasteiger partial charge in [0.25, 0.3) is 0 Å². The van der Waals surface area contributed by atoms with Crippen molar-refractivity contribution in [3.05, 3.63) is 104 Å². The van der Waals surface area contributed by atoms with Gasteiger partial charge in [-0.1, -0.05) is 26.5 Å². The number of aliphatic hydroxyl groups excluding tert-OH is 3. The second kappa shape index (κ2) is 37.8. The van der Waals surface area contributed by atoms with E-state index in [-0.39, 0.29) is 63.3 Å². The number of likely N-dealkylation sites (tertiary alicyclic amines) is 1. The summed E-state index contributed by atoms with van der Waals surface area (Å²) in [6.07, 6.45) is 3.40. The largest absolute Gasteiger partial charge is 0.511 e. The van der Waals surface area contributed by atoms with E-state index in [1.807, 2.05) is 45.9 Å². The Bertz CT molecular complexity index is 4080. The Kier molecular flexibility index (Phi) is 29.4. The molecule has 0 aromatic rings. The molecule has 7 rings (SSSR count). The van der Waals surface area contributed by atoms with E-state index in [1.165, 1.54) is 6.92 Å². The molecule has 0 aromatic carbocycles. The highest BCUT2D eigenvalue weighted by Gasteiger charge is 2.44. The number of nitrogens with one attached hydrogen (secondary N) is 9. The van der Waals surface area contributed by atoms with Crippen LogP contribution in [0.1, 0.15) is 144 Å². The number of nitrogens with zero attached hydrogens (tertiary/aromatic N) is 4. The van der Waals surface area contributed by atoms with Gasteiger partial charge in [0.15, 0.2) is 0 Å². The normalized spacial score (nSPS) is 20.0. The van der Waals surface area contributed by atoms with Gasteiger partial charge in [0.1, 0.15) is 54.1 Å². The van der Waals surface area contributed by atoms with Crippen LogP contribution in [0.15, 0.2) is 119 Å². The minimum absolute atomic E-state index is 0.0330. The molecule has 1 aliphatic carbocycles. The summed E-state index contributed by atoms with van der Waals surface area (Å²) in [5.74, 6) is -15.5. The maximum absolute atomic E-state index is 14.1. The monoisotopic (exact) mass is 1500 g/mol. The number of aliphatic carboxylic acids is 1. The van der Waals surface area contributed by atoms with Crippen LogP contribution in [0.4, 0.5) is 0 Å². The lowest BCUT2D eigenvalue weighted by Crippen LogP contribution is -2.60. The number of aliphatic hydroxyl groups is 3. The van der Waals surface area contributed by atoms with Crippen LogP contribution in [0.3, 0.4) is 0 Å². The van der Waals surface area contributed by atoms with Crippen LogP contribution in [0.5, 0.6) is 0 Å². The van der Waals surface area contributed by atoms with Crippen molar-refractivity contribution in [3.8, 4) is 0 Å². The minimum Gasteiger partial charge on any atom is -0.511 e. The van der Waals surface area contributed by atoms with E-state index in [2.05, 4.69) is 61.4 Å². The molecule has 0 unspecified atom stereocenters. The van der Waals surface area contributed by atoms with Crippen LogP contribution >= 0.6 is 0 Å². The molecule has 0 aromatic heterocycles. The molecule has 13 amide bonds. The predicted octanol–water partition coefficient (Wildman–Crippen LogP) is -2.62. The lowest BCUT2D eigenvalue weighted by molar-refractivity contribution is -0.141. The van der Waals surface area contributed by atoms with Crippen molar-refractivity contribution in [2.45, 2.75) is 199 Å². The number of primary amides is 4. The first-order valence-corrected chi connectivity index (χ1v) is 35.7. The summed E-state index contributed by atoms with van der Waals surface area (Å²) >= 11 is 0. The van der Waals surface area contributed by atoms with Crippen LogP contribution in [-0.2, 0) is 67.1 Å². The molecule has 0 saturated carbocycles. The number of rotatable bonds is 39. The Balaban J connectivity index is 0.983. The first-order chi connectivity index (χ1) is 51.1. The number of carbonyl (C=O) groups excluding carboxylic acids is 13. The zero-order chi connectivity index (χ0) is 79.7. The number of allylic oxidation sites excluding steroid dienone is 12. The van der Waals surface area contributed by atoms with E-state index in [4.69, 9.17) is 43.6 Å². The number of carboxylic acid groups (broad SMARTS) is 1. The molecule has 2 fully saturated rings. The van der Waals surface area contributed by atoms with Gasteiger partial charge in [-0.3, -0.25) is 67.1 Å². The summed E-state index contributed by atoms with van der Waals surface area (Å²) in [5, 5.41) is 64.8. The molecule has 2 saturated heterocycles. The van der Waals surface area contributed by atoms with Crippen molar-refractivity contribution in [3.63, 3.8) is 0 Å². The number of hydrogen-bond donors (Lipinski definition) is 18. The summed E-state index contributed by atoms with van der Waals surface area (Å²) < 4.78 is 0. The fourth-order valence-corrected chi connectivity index (χ4v) is 13.7. The molecule has 584 valence electrons. The minimum atomic E-state index is -1.90. The molecule has 0 radical (unpaired) electrons. The lowest BCUT2D eigenvalue weighted by atomic mass is 9.86. The average Bonchev–Trinajstić information content (AvgIpc) is 1.58. The molecular formula is C72H98N18O18. The topological polar surface area (TPSA) is 599 Å². The highest BCUT2D eigenvalue weighted by atomic mass is 16.4. The number of amides is 13. The van der Waals surface area contributed by atoms with Crippen LogP contribution in [-0.4, -0.2) is 206 Å². The molecule has 108 heavy (non-hydrogen) atoms. The fourth-order valence-electron chi connectivity index (χ4n) is 13.7. The molecule has 0 spiro atoms. The standard InChI is InChI=1S/C72H98N18O18/c1-8-37-32(3)45-26-47-34(5)39(63(81-47)40-25-54(93)61-35(6)48(82-64(40)61)28-50-38(9-2)33(4)46(80-50)27-49(37)79-45)15-21-58(97)89-62(36(7)92)72(108)88-52(31-91)66(102)78-30-59(98)90-24-12-14-53(90)71(107)87-51(29-57(76)96)70(106)86-43(17-20-56(75)95)68(104)85-44(18-22-60(99)100)69(105)84-42(16-19-55(74)94)67(103)83-41(65(77)101)13-10-11-23-73/h8,26-28,34,36,39,41-44,51-53,62,81,91-93H,1,9-25,29-31,73H2,2-7H3,(H2,74,94)(H2,75,95)(H2,76,96)(H2,77,101)(H,78,102)(H,83,103)(H,84,105)(H,85,104)(H,86,106)(H,87,107)(H,88,108)(H,89,97)(H,99,100)/t34-,36+,39-,41-,42-,43-,44-,51-,52-,53-,62-/m0/s1. The number of unbranched alkanes of at least 4 members (excludes halogenated alkanes) is 1. The van der Waals surface area contributed by atoms with Gasteiger partial charge in [-0.05, 0) is 139 Å². The second-order valence-corrected chi connectivity index (χ2v) is 27.4. The van der Waals surface area contributed by atoms with Crippen molar-refractivity contribution in [2.75, 3.05) is 26.2 Å². The molecule has 8 bridgehead atoms. The zero-order valence-electron chi connectivity index (χ0n) is 61.2. The molecule has 36 nitrogen and oxygen atoms in total. The molecular weight excluding hydrogens is 1400 g/mol. The highest BCUT2D eigenvalue weighted by molar-refractivity contribution is 6.21. The fraction of sp³-hybridized carbons (Fsp3) is 0.514. The number of carbonyl (C=O) groups is 14. The van der Waals surface area contributed by atoms with E-state index in [9.17, 15) is 87.5 Å². The molecule has 11 atom stereocenters. The molecule has 6 heterocycles. The molecule has 6 aliphatic heterocycles. The number of nitrogens with two attached hydrogens (primary N) is 5. The van der Waals surface area contributed by atoms with Gasteiger partial charge in [0.2, 0.25) is 76.8 Å². The molecule has 23 N–H and O–H groups in total. The van der Waals surface area contributed by atoms with Crippen molar-refractivity contribution in [1.29, 1.82) is 0 Å². The Labute approximate surface area is 622 Å². The first kappa shape index (κ1) is 84.0. The van der Waals surface area contributed by atoms with Crippen LogP contribution in [0.25, 0.3) is 0 Å². The quantitative estimate of drug-likeness (QED) is 0.0280. The number of fused-ring (bicyclic) bond motifs is 5. The van der Waals surface area contributed by atoms with Gasteiger partial charge in [-0.2, -0.15) is 0 Å². The Morgan fingerprint density at radius 1 is 0.685 bits per heavy atom. The molecule has 36 heteroatoms. The van der Waals surface area contributed by atoms with Crippen LogP contribution in [0, 0.1) is 11.8 Å². The van der Waals surface area contributed by atoms with Gasteiger partial charge in [-0.15, -0.1) is 0 Å². The van der Waals surface area contributed by atoms with Crippen LogP contribution < -0.4 is 76.5 Å². The smallest absolute Gasteiger partial charge is 0.303 e. The van der Waals surface area contributed by atoms with Gasteiger partial charge in [0, 0.05) is 78.6 Å². The Hall–Kier alpha value is -11.3. The van der Waals surface area contributed by atoms with Gasteiger partial charge >= 0.3 is 5.97 Å². The Morgan fingerprint density at radius 3 is 1.82 bits per heavy atom. The highest BCUT2D eigenvalue weighted by Crippen LogP contribution is 2.47. The summed E-state index contributed by atoms with van der Waals surface area (Å²) in [4.78, 5) is 201. The SMILES string of the molecule is C=CC1=C(C)C2=NC1=CC1=NC(=CC3=C(C)C4=C(O)CC(=C5NC(=C2)[C@@H](C)[C@@H]5CCC(=O)N[C@H](C(=O)N[C@@H](CO)C(=O)NCC(=O)N2CCC[C@H]2C(=O)N[C@@H](CC(N)=O)C(=O)N[C@@H](CCC(N)=O)C(=O)N[C@@H](CCC(=O)O)C(=O)N[C@@H](CCC(N)=O)C(=O)N[C@@H](CCCCN)C(N)=O)[C@@H](C)O)C4=N3)C(CC)=C1C. The third-order valence-electron chi connectivity index (χ3n) is 19.7. The van der Waals surface area contributed by atoms with Crippen LogP contribution in [0.2, 0.25) is 0 Å². The third-order valence-corrected chi connectivity index (χ3v) is 19.7. The Morgan fingerprint density at radius 2 is 1.27 bits per heavy atom. The summed E-state index contributed by atoms with van der Waals surface area (Å²) in [6.45, 7) is 13.5. The van der Waals surface area contributed by atoms with E-state index in [0.717, 1.165) is 61.1 Å². The predicted molar refractivity (Wildman–Crippen MR) is 391 cm³/mol. The van der Waals surface area contributed by atoms with Gasteiger partial charge in [0.05, 0.1) is 59.9 Å². The number of carboxylic acids is 1. The maximum atomic E-state index is 14.1. The van der Waals surface area contributed by atoms with Gasteiger partial charge < -0.3 is 102 Å². The summed E-state index contributed by atoms with van der Waals surface area (Å²) in [5.41, 5.74) is 38.7. The summed E-state index contributed by atoms with van der Waals surface area (Å²) in [7, 11) is 0. The van der Waals surface area contributed by atoms with Crippen molar-refractivity contribution in [2.24, 2.45) is 55.5 Å². The second-order valence-electron chi connectivity index (χ2n) is 27.4. The zero-order valence-corrected chi connectivity index (χ0v) is 61.2. The molecule has 7 aliphatic rings. The lowest BCUT2D eigenvalue weighted by Gasteiger charge is -2.28. The average molecular weight is 1500 g/mol. The van der Waals surface area contributed by atoms with E-state index < -0.39 is 201 Å². The summed E-state index contributed by atoms with van der Waals surface area (Å²) in [6, 6.07) is -13.3. The first-order valence-electron chi connectivity index (χ1n) is 35.7. The maximum Gasteiger partial charge on any atom is 0.303 e. The van der Waals surface area contributed by atoms with Crippen molar-refractivity contribution in [1.82, 2.24) is 52.8 Å². The van der Waals surface area contributed by atoms with Gasteiger partial charge in [-0.25, -0.2) is 15.0 Å². The number of aliphatic imine (C=N–C) groups is 3. The van der Waals surface area contributed by atoms with Crippen molar-refractivity contribution >= 4 is 99.9 Å². The van der Waals surface area contributed by atoms with E-state index in [0.29, 0.717) is 47.7 Å². The van der Waals surface area contributed by atoms with E-state index >= 15 is 0 Å². The van der Waals surface area contributed by atoms with E-state index in [1.54, 1.807) is 6.08 Å².